The van der Waals surface area contributed by atoms with Crippen LogP contribution in [-0.4, -0.2) is 23.9 Å². The van der Waals surface area contributed by atoms with Gasteiger partial charge in [0.2, 0.25) is 0 Å². The van der Waals surface area contributed by atoms with Crippen LogP contribution in [0.2, 0.25) is 0 Å². The van der Waals surface area contributed by atoms with Crippen LogP contribution >= 0.6 is 0 Å². The van der Waals surface area contributed by atoms with Crippen molar-refractivity contribution in [3.05, 3.63) is 65.2 Å². The average molecular weight is 295 g/mol. The molecule has 1 heterocycles. The quantitative estimate of drug-likeness (QED) is 0.858. The predicted octanol–water partition coefficient (Wildman–Crippen LogP) is 3.81. The molecular weight excluding hydrogens is 274 g/mol. The van der Waals surface area contributed by atoms with Gasteiger partial charge in [-0.05, 0) is 49.6 Å². The molecule has 0 unspecified atom stereocenters. The minimum atomic E-state index is 0.127. The fourth-order valence-corrected chi connectivity index (χ4v) is 2.65. The molecule has 114 valence electrons. The van der Waals surface area contributed by atoms with E-state index in [0.717, 1.165) is 42.8 Å². The van der Waals surface area contributed by atoms with Gasteiger partial charge in [0.15, 0.2) is 0 Å². The summed E-state index contributed by atoms with van der Waals surface area (Å²) in [6.07, 6.45) is 2.23. The maximum Gasteiger partial charge on any atom is 0.253 e. The van der Waals surface area contributed by atoms with Gasteiger partial charge in [0, 0.05) is 18.7 Å². The molecule has 22 heavy (non-hydrogen) atoms. The van der Waals surface area contributed by atoms with Gasteiger partial charge < -0.3 is 9.64 Å². The third-order valence-electron chi connectivity index (χ3n) is 4.02. The smallest absolute Gasteiger partial charge is 0.253 e. The molecule has 2 aromatic carbocycles. The number of benzene rings is 2. The molecule has 1 aliphatic rings. The Kier molecular flexibility index (Phi) is 4.42. The Labute approximate surface area is 131 Å². The Morgan fingerprint density at radius 2 is 1.64 bits per heavy atom. The van der Waals surface area contributed by atoms with E-state index in [0.29, 0.717) is 6.61 Å². The number of hydrogen-bond donors (Lipinski definition) is 0. The zero-order valence-electron chi connectivity index (χ0n) is 12.9. The molecule has 0 saturated carbocycles. The van der Waals surface area contributed by atoms with Crippen LogP contribution in [0.15, 0.2) is 48.5 Å². The van der Waals surface area contributed by atoms with E-state index in [9.17, 15) is 4.79 Å². The van der Waals surface area contributed by atoms with Gasteiger partial charge in [-0.25, -0.2) is 0 Å². The largest absolute Gasteiger partial charge is 0.489 e. The number of amides is 1. The second-order valence-electron chi connectivity index (χ2n) is 5.80. The van der Waals surface area contributed by atoms with Gasteiger partial charge in [0.05, 0.1) is 0 Å². The summed E-state index contributed by atoms with van der Waals surface area (Å²) in [7, 11) is 0. The first kappa shape index (κ1) is 14.6. The van der Waals surface area contributed by atoms with Crippen LogP contribution in [0.3, 0.4) is 0 Å². The highest BCUT2D eigenvalue weighted by Crippen LogP contribution is 2.17. The normalized spacial score (nSPS) is 14.1. The van der Waals surface area contributed by atoms with Crippen molar-refractivity contribution in [3.63, 3.8) is 0 Å². The molecular formula is C19H21NO2. The first-order chi connectivity index (χ1) is 10.7. The van der Waals surface area contributed by atoms with Crippen LogP contribution in [0.1, 0.15) is 34.3 Å². The Morgan fingerprint density at radius 1 is 1.00 bits per heavy atom. The summed E-state index contributed by atoms with van der Waals surface area (Å²) in [6, 6.07) is 15.7. The van der Waals surface area contributed by atoms with E-state index in [1.165, 1.54) is 5.56 Å². The molecule has 1 saturated heterocycles. The Hall–Kier alpha value is -2.29. The average Bonchev–Trinajstić information content (AvgIpc) is 3.09. The molecule has 0 radical (unpaired) electrons. The van der Waals surface area contributed by atoms with E-state index in [2.05, 4.69) is 31.2 Å². The first-order valence-corrected chi connectivity index (χ1v) is 7.80. The summed E-state index contributed by atoms with van der Waals surface area (Å²) in [5, 5.41) is 0. The first-order valence-electron chi connectivity index (χ1n) is 7.80. The number of rotatable bonds is 4. The van der Waals surface area contributed by atoms with E-state index >= 15 is 0 Å². The molecule has 1 aliphatic heterocycles. The zero-order chi connectivity index (χ0) is 15.4. The van der Waals surface area contributed by atoms with Crippen molar-refractivity contribution in [2.75, 3.05) is 13.1 Å². The van der Waals surface area contributed by atoms with Crippen LogP contribution in [-0.2, 0) is 6.61 Å². The van der Waals surface area contributed by atoms with Crippen molar-refractivity contribution in [2.45, 2.75) is 26.4 Å². The molecule has 0 aromatic heterocycles. The van der Waals surface area contributed by atoms with E-state index in [1.807, 2.05) is 29.2 Å². The standard InChI is InChI=1S/C19H21NO2/c1-15-4-6-16(7-5-15)14-22-18-10-8-17(9-11-18)19(21)20-12-2-3-13-20/h4-11H,2-3,12-14H2,1H3. The van der Waals surface area contributed by atoms with E-state index < -0.39 is 0 Å². The number of hydrogen-bond acceptors (Lipinski definition) is 2. The van der Waals surface area contributed by atoms with Crippen molar-refractivity contribution in [1.82, 2.24) is 4.90 Å². The van der Waals surface area contributed by atoms with Crippen LogP contribution in [0.25, 0.3) is 0 Å². The lowest BCUT2D eigenvalue weighted by molar-refractivity contribution is 0.0793. The van der Waals surface area contributed by atoms with Crippen molar-refractivity contribution < 1.29 is 9.53 Å². The van der Waals surface area contributed by atoms with Gasteiger partial charge in [-0.3, -0.25) is 4.79 Å². The fraction of sp³-hybridized carbons (Fsp3) is 0.316. The predicted molar refractivity (Wildman–Crippen MR) is 87.1 cm³/mol. The van der Waals surface area contributed by atoms with Gasteiger partial charge in [0.1, 0.15) is 12.4 Å². The van der Waals surface area contributed by atoms with Crippen LogP contribution in [0, 0.1) is 6.92 Å². The minimum absolute atomic E-state index is 0.127. The third-order valence-corrected chi connectivity index (χ3v) is 4.02. The van der Waals surface area contributed by atoms with Gasteiger partial charge in [0.25, 0.3) is 5.91 Å². The maximum atomic E-state index is 12.3. The second-order valence-corrected chi connectivity index (χ2v) is 5.80. The number of ether oxygens (including phenoxy) is 1. The molecule has 1 amide bonds. The van der Waals surface area contributed by atoms with E-state index in [-0.39, 0.29) is 5.91 Å². The summed E-state index contributed by atoms with van der Waals surface area (Å²) >= 11 is 0. The van der Waals surface area contributed by atoms with Crippen molar-refractivity contribution in [2.24, 2.45) is 0 Å². The number of likely N-dealkylation sites (tertiary alicyclic amines) is 1. The topological polar surface area (TPSA) is 29.5 Å². The van der Waals surface area contributed by atoms with Crippen molar-refractivity contribution >= 4 is 5.91 Å². The molecule has 3 nitrogen and oxygen atoms in total. The molecule has 0 bridgehead atoms. The van der Waals surface area contributed by atoms with Gasteiger partial charge in [-0.2, -0.15) is 0 Å². The SMILES string of the molecule is Cc1ccc(COc2ccc(C(=O)N3CCCC3)cc2)cc1. The summed E-state index contributed by atoms with van der Waals surface area (Å²) in [4.78, 5) is 14.2. The minimum Gasteiger partial charge on any atom is -0.489 e. The van der Waals surface area contributed by atoms with Gasteiger partial charge >= 0.3 is 0 Å². The molecule has 0 atom stereocenters. The molecule has 3 rings (SSSR count). The highest BCUT2D eigenvalue weighted by atomic mass is 16.5. The number of carbonyl (C=O) groups excluding carboxylic acids is 1. The lowest BCUT2D eigenvalue weighted by Gasteiger charge is -2.15. The molecule has 0 N–H and O–H groups in total. The monoisotopic (exact) mass is 295 g/mol. The molecule has 2 aromatic rings. The zero-order valence-corrected chi connectivity index (χ0v) is 12.9. The molecule has 1 fully saturated rings. The van der Waals surface area contributed by atoms with Crippen LogP contribution in [0.4, 0.5) is 0 Å². The van der Waals surface area contributed by atoms with E-state index in [4.69, 9.17) is 4.74 Å². The lowest BCUT2D eigenvalue weighted by Crippen LogP contribution is -2.27. The Bertz CT molecular complexity index is 625. The highest BCUT2D eigenvalue weighted by molar-refractivity contribution is 5.94. The maximum absolute atomic E-state index is 12.3. The van der Waals surface area contributed by atoms with Crippen molar-refractivity contribution in [1.29, 1.82) is 0 Å². The highest BCUT2D eigenvalue weighted by Gasteiger charge is 2.19. The number of nitrogens with zero attached hydrogens (tertiary/aromatic N) is 1. The van der Waals surface area contributed by atoms with Crippen molar-refractivity contribution in [3.8, 4) is 5.75 Å². The molecule has 3 heteroatoms. The lowest BCUT2D eigenvalue weighted by atomic mass is 10.1. The number of aryl methyl sites for hydroxylation is 1. The molecule has 0 spiro atoms. The third kappa shape index (κ3) is 3.48. The summed E-state index contributed by atoms with van der Waals surface area (Å²) in [5.74, 6) is 0.918. The van der Waals surface area contributed by atoms with E-state index in [1.54, 1.807) is 0 Å². The summed E-state index contributed by atoms with van der Waals surface area (Å²) in [5.41, 5.74) is 3.13. The second kappa shape index (κ2) is 6.65. The fourth-order valence-electron chi connectivity index (χ4n) is 2.65. The van der Waals surface area contributed by atoms with Gasteiger partial charge in [-0.15, -0.1) is 0 Å². The number of carbonyl (C=O) groups is 1. The van der Waals surface area contributed by atoms with Gasteiger partial charge in [-0.1, -0.05) is 29.8 Å². The Balaban J connectivity index is 1.59. The van der Waals surface area contributed by atoms with Crippen LogP contribution < -0.4 is 4.74 Å². The Morgan fingerprint density at radius 3 is 2.27 bits per heavy atom. The summed E-state index contributed by atoms with van der Waals surface area (Å²) < 4.78 is 5.77. The molecule has 0 aliphatic carbocycles. The summed E-state index contributed by atoms with van der Waals surface area (Å²) in [6.45, 7) is 4.37. The van der Waals surface area contributed by atoms with Crippen LogP contribution in [0.5, 0.6) is 5.75 Å².